The van der Waals surface area contributed by atoms with Crippen molar-refractivity contribution in [1.29, 1.82) is 0 Å². The van der Waals surface area contributed by atoms with Crippen LogP contribution < -0.4 is 5.30 Å². The topological polar surface area (TPSA) is 17.1 Å². The minimum Gasteiger partial charge on any atom is -0.302 e. The first-order valence-electron chi connectivity index (χ1n) is 3.57. The van der Waals surface area contributed by atoms with Crippen molar-refractivity contribution in [3.63, 3.8) is 0 Å². The Balaban J connectivity index is 2.90. The fourth-order valence-electron chi connectivity index (χ4n) is 0.888. The molecule has 1 atom stereocenters. The molecule has 0 N–H and O–H groups in total. The van der Waals surface area contributed by atoms with Gasteiger partial charge in [-0.2, -0.15) is 0 Å². The fraction of sp³-hybridized carbons (Fsp3) is 0.250. The monoisotopic (exact) mass is 222 g/mol. The highest BCUT2D eigenvalue weighted by molar-refractivity contribution is 7.95. The van der Waals surface area contributed by atoms with Gasteiger partial charge in [-0.1, -0.05) is 30.3 Å². The first-order chi connectivity index (χ1) is 5.67. The number of alkyl halides is 1. The average molecular weight is 223 g/mol. The number of halogens is 2. The Morgan fingerprint density at radius 3 is 2.33 bits per heavy atom. The van der Waals surface area contributed by atoms with E-state index in [0.29, 0.717) is 17.3 Å². The van der Waals surface area contributed by atoms with Crippen molar-refractivity contribution in [1.82, 2.24) is 0 Å². The lowest BCUT2D eigenvalue weighted by Crippen LogP contribution is -2.03. The van der Waals surface area contributed by atoms with E-state index in [2.05, 4.69) is 0 Å². The molecule has 0 amide bonds. The van der Waals surface area contributed by atoms with E-state index >= 15 is 0 Å². The van der Waals surface area contributed by atoms with Crippen LogP contribution in [0.2, 0.25) is 0 Å². The standard InChI is InChI=1S/C8H9Cl2OP/c9-6-7-12(10,11)8-4-2-1-3-5-8/h1-5H,6-7H2. The van der Waals surface area contributed by atoms with Gasteiger partial charge in [0, 0.05) is 17.3 Å². The maximum absolute atomic E-state index is 11.7. The molecule has 0 saturated heterocycles. The van der Waals surface area contributed by atoms with E-state index in [1.54, 1.807) is 12.1 Å². The molecule has 1 unspecified atom stereocenters. The van der Waals surface area contributed by atoms with Crippen molar-refractivity contribution in [3.05, 3.63) is 30.3 Å². The second-order valence-electron chi connectivity index (χ2n) is 2.40. The summed E-state index contributed by atoms with van der Waals surface area (Å²) in [6, 6.07) is 9.03. The molecule has 0 radical (unpaired) electrons. The van der Waals surface area contributed by atoms with Crippen LogP contribution in [0.3, 0.4) is 0 Å². The highest BCUT2D eigenvalue weighted by Gasteiger charge is 2.19. The zero-order chi connectivity index (χ0) is 9.03. The van der Waals surface area contributed by atoms with Gasteiger partial charge < -0.3 is 4.57 Å². The highest BCUT2D eigenvalue weighted by Crippen LogP contribution is 2.49. The smallest absolute Gasteiger partial charge is 0.198 e. The minimum absolute atomic E-state index is 0.329. The summed E-state index contributed by atoms with van der Waals surface area (Å²) in [5.41, 5.74) is 0. The van der Waals surface area contributed by atoms with E-state index in [-0.39, 0.29) is 0 Å². The lowest BCUT2D eigenvalue weighted by molar-refractivity contribution is 0.590. The Morgan fingerprint density at radius 1 is 1.25 bits per heavy atom. The van der Waals surface area contributed by atoms with E-state index in [1.807, 2.05) is 18.2 Å². The van der Waals surface area contributed by atoms with E-state index in [1.165, 1.54) is 0 Å². The molecule has 1 aromatic rings. The van der Waals surface area contributed by atoms with Gasteiger partial charge in [0.1, 0.15) is 0 Å². The van der Waals surface area contributed by atoms with E-state index in [4.69, 9.17) is 22.8 Å². The second-order valence-corrected chi connectivity index (χ2v) is 6.68. The summed E-state index contributed by atoms with van der Waals surface area (Å²) >= 11 is 11.3. The number of hydrogen-bond donors (Lipinski definition) is 0. The third-order valence-corrected chi connectivity index (χ3v) is 4.93. The first-order valence-corrected chi connectivity index (χ1v) is 6.90. The van der Waals surface area contributed by atoms with Gasteiger partial charge in [-0.3, -0.25) is 0 Å². The van der Waals surface area contributed by atoms with E-state index in [9.17, 15) is 4.57 Å². The van der Waals surface area contributed by atoms with Crippen LogP contribution in [0.5, 0.6) is 0 Å². The van der Waals surface area contributed by atoms with Crippen molar-refractivity contribution in [2.45, 2.75) is 0 Å². The molecule has 1 nitrogen and oxygen atoms in total. The van der Waals surface area contributed by atoms with E-state index in [0.717, 1.165) is 0 Å². The normalized spacial score (nSPS) is 15.5. The molecule has 0 fully saturated rings. The maximum Gasteiger partial charge on any atom is 0.198 e. The molecule has 0 saturated carbocycles. The Labute approximate surface area is 81.8 Å². The largest absolute Gasteiger partial charge is 0.302 e. The quantitative estimate of drug-likeness (QED) is 0.568. The van der Waals surface area contributed by atoms with Gasteiger partial charge in [0.25, 0.3) is 0 Å². The molecule has 0 aliphatic heterocycles. The molecule has 0 heterocycles. The Kier molecular flexibility index (Phi) is 3.64. The molecule has 4 heteroatoms. The van der Waals surface area contributed by atoms with Crippen molar-refractivity contribution < 1.29 is 4.57 Å². The van der Waals surface area contributed by atoms with Crippen LogP contribution in [0.4, 0.5) is 0 Å². The van der Waals surface area contributed by atoms with Crippen LogP contribution in [0.15, 0.2) is 30.3 Å². The van der Waals surface area contributed by atoms with Crippen molar-refractivity contribution in [2.24, 2.45) is 0 Å². The van der Waals surface area contributed by atoms with Crippen LogP contribution in [0.25, 0.3) is 0 Å². The van der Waals surface area contributed by atoms with Crippen LogP contribution in [-0.4, -0.2) is 12.0 Å². The van der Waals surface area contributed by atoms with Crippen LogP contribution in [0, 0.1) is 0 Å². The molecule has 66 valence electrons. The zero-order valence-electron chi connectivity index (χ0n) is 6.41. The van der Waals surface area contributed by atoms with Gasteiger partial charge in [0.05, 0.1) is 0 Å². The predicted octanol–water partition coefficient (Wildman–Crippen LogP) is 3.07. The summed E-state index contributed by atoms with van der Waals surface area (Å²) in [5, 5.41) is 0.687. The lowest BCUT2D eigenvalue weighted by Gasteiger charge is -2.07. The third-order valence-electron chi connectivity index (χ3n) is 1.51. The van der Waals surface area contributed by atoms with Crippen LogP contribution in [0.1, 0.15) is 0 Å². The van der Waals surface area contributed by atoms with Gasteiger partial charge >= 0.3 is 0 Å². The van der Waals surface area contributed by atoms with Gasteiger partial charge in [-0.15, -0.1) is 11.6 Å². The summed E-state index contributed by atoms with van der Waals surface area (Å²) in [4.78, 5) is 0. The number of hydrogen-bond acceptors (Lipinski definition) is 1. The summed E-state index contributed by atoms with van der Waals surface area (Å²) in [5.74, 6) is 0.329. The van der Waals surface area contributed by atoms with Crippen LogP contribution in [-0.2, 0) is 4.57 Å². The van der Waals surface area contributed by atoms with Crippen LogP contribution >= 0.6 is 29.3 Å². The Hall–Kier alpha value is 0.0300. The number of benzene rings is 1. The molecule has 0 bridgehead atoms. The summed E-state index contributed by atoms with van der Waals surface area (Å²) in [7, 11) is 0. The van der Waals surface area contributed by atoms with Gasteiger partial charge in [-0.05, 0) is 11.2 Å². The molecule has 0 aliphatic rings. The molecular formula is C8H9Cl2OP. The summed E-state index contributed by atoms with van der Waals surface area (Å²) in [6.07, 6.45) is 0.347. The molecule has 0 aromatic heterocycles. The molecule has 1 rings (SSSR count). The number of rotatable bonds is 3. The minimum atomic E-state index is -2.70. The second kappa shape index (κ2) is 4.32. The molecule has 12 heavy (non-hydrogen) atoms. The third kappa shape index (κ3) is 2.52. The Bertz CT molecular complexity index is 286. The van der Waals surface area contributed by atoms with Crippen molar-refractivity contribution in [3.8, 4) is 0 Å². The van der Waals surface area contributed by atoms with Crippen molar-refractivity contribution >= 4 is 34.6 Å². The van der Waals surface area contributed by atoms with Gasteiger partial charge in [0.15, 0.2) is 6.49 Å². The average Bonchev–Trinajstić information content (AvgIpc) is 2.06. The molecule has 1 aromatic carbocycles. The SMILES string of the molecule is O=P(Cl)(CCCl)c1ccccc1. The summed E-state index contributed by atoms with van der Waals surface area (Å²) in [6.45, 7) is -2.70. The summed E-state index contributed by atoms with van der Waals surface area (Å²) < 4.78 is 11.7. The fourth-order valence-corrected chi connectivity index (χ4v) is 3.55. The highest BCUT2D eigenvalue weighted by atomic mass is 35.7. The Morgan fingerprint density at radius 2 is 1.83 bits per heavy atom. The zero-order valence-corrected chi connectivity index (χ0v) is 8.82. The molecule has 0 spiro atoms. The lowest BCUT2D eigenvalue weighted by atomic mass is 10.4. The first kappa shape index (κ1) is 10.1. The van der Waals surface area contributed by atoms with Gasteiger partial charge in [0.2, 0.25) is 0 Å². The molecule has 0 aliphatic carbocycles. The van der Waals surface area contributed by atoms with Crippen molar-refractivity contribution in [2.75, 3.05) is 12.0 Å². The predicted molar refractivity (Wildman–Crippen MR) is 55.1 cm³/mol. The molecular weight excluding hydrogens is 214 g/mol. The van der Waals surface area contributed by atoms with Gasteiger partial charge in [-0.25, -0.2) is 0 Å². The maximum atomic E-state index is 11.7. The van der Waals surface area contributed by atoms with E-state index < -0.39 is 6.49 Å².